The minimum atomic E-state index is -0.391. The normalized spacial score (nSPS) is 16.9. The van der Waals surface area contributed by atoms with Crippen molar-refractivity contribution in [3.05, 3.63) is 23.8 Å². The van der Waals surface area contributed by atoms with Crippen LogP contribution in [0.1, 0.15) is 23.7 Å². The fourth-order valence-electron chi connectivity index (χ4n) is 1.86. The van der Waals surface area contributed by atoms with Gasteiger partial charge < -0.3 is 20.9 Å². The van der Waals surface area contributed by atoms with Gasteiger partial charge in [0.15, 0.2) is 0 Å². The number of carbonyl (C=O) groups is 1. The van der Waals surface area contributed by atoms with Crippen LogP contribution in [-0.4, -0.2) is 25.8 Å². The van der Waals surface area contributed by atoms with Crippen LogP contribution < -0.4 is 11.5 Å². The molecule has 0 aromatic heterocycles. The van der Waals surface area contributed by atoms with Gasteiger partial charge in [-0.2, -0.15) is 0 Å². The fourth-order valence-corrected chi connectivity index (χ4v) is 1.86. The monoisotopic (exact) mass is 250 g/mol. The highest BCUT2D eigenvalue weighted by molar-refractivity contribution is 5.91. The Kier molecular flexibility index (Phi) is 3.43. The number of rotatable bonds is 4. The van der Waals surface area contributed by atoms with Gasteiger partial charge in [0.1, 0.15) is 0 Å². The van der Waals surface area contributed by atoms with Gasteiger partial charge >= 0.3 is 5.97 Å². The number of nitrogen functional groups attached to an aromatic ring is 2. The summed E-state index contributed by atoms with van der Waals surface area (Å²) in [7, 11) is 0. The fraction of sp³-hybridized carbons (Fsp3) is 0.462. The lowest BCUT2D eigenvalue weighted by molar-refractivity contribution is -0.111. The summed E-state index contributed by atoms with van der Waals surface area (Å²) < 4.78 is 10.3. The van der Waals surface area contributed by atoms with Crippen molar-refractivity contribution in [1.29, 1.82) is 0 Å². The summed E-state index contributed by atoms with van der Waals surface area (Å²) in [6.45, 7) is 3.96. The Morgan fingerprint density at radius 3 is 2.44 bits per heavy atom. The Bertz CT molecular complexity index is 435. The van der Waals surface area contributed by atoms with Crippen LogP contribution in [0.25, 0.3) is 0 Å². The van der Waals surface area contributed by atoms with Crippen molar-refractivity contribution < 1.29 is 14.3 Å². The molecule has 1 aliphatic heterocycles. The number of ether oxygens (including phenoxy) is 2. The molecule has 18 heavy (non-hydrogen) atoms. The van der Waals surface area contributed by atoms with Gasteiger partial charge in [-0.1, -0.05) is 6.92 Å². The maximum atomic E-state index is 11.8. The van der Waals surface area contributed by atoms with Crippen molar-refractivity contribution in [3.8, 4) is 0 Å². The van der Waals surface area contributed by atoms with Gasteiger partial charge in [0.25, 0.3) is 0 Å². The van der Waals surface area contributed by atoms with E-state index in [-0.39, 0.29) is 5.41 Å². The second-order valence-corrected chi connectivity index (χ2v) is 5.08. The van der Waals surface area contributed by atoms with Crippen molar-refractivity contribution in [1.82, 2.24) is 0 Å². The first-order chi connectivity index (χ1) is 8.48. The predicted molar refractivity (Wildman–Crippen MR) is 69.1 cm³/mol. The lowest BCUT2D eigenvalue weighted by atomic mass is 9.85. The smallest absolute Gasteiger partial charge is 0.338 e. The molecule has 1 aromatic rings. The summed E-state index contributed by atoms with van der Waals surface area (Å²) in [6, 6.07) is 4.73. The third kappa shape index (κ3) is 2.92. The van der Waals surface area contributed by atoms with E-state index in [9.17, 15) is 4.79 Å². The molecule has 0 bridgehead atoms. The lowest BCUT2D eigenvalue weighted by Gasteiger charge is -2.37. The van der Waals surface area contributed by atoms with Gasteiger partial charge in [-0.15, -0.1) is 0 Å². The Balaban J connectivity index is 1.87. The number of anilines is 2. The topological polar surface area (TPSA) is 87.6 Å². The molecule has 1 aromatic carbocycles. The van der Waals surface area contributed by atoms with Crippen LogP contribution in [0.3, 0.4) is 0 Å². The van der Waals surface area contributed by atoms with E-state index in [0.29, 0.717) is 23.5 Å². The maximum Gasteiger partial charge on any atom is 0.338 e. The SMILES string of the molecule is CC1(CCOC(=O)c2cc(N)cc(N)c2)COC1. The van der Waals surface area contributed by atoms with Gasteiger partial charge in [-0.3, -0.25) is 0 Å². The summed E-state index contributed by atoms with van der Waals surface area (Å²) in [6.07, 6.45) is 0.802. The third-order valence-corrected chi connectivity index (χ3v) is 3.05. The van der Waals surface area contributed by atoms with Crippen LogP contribution in [0.2, 0.25) is 0 Å². The molecule has 0 amide bonds. The van der Waals surface area contributed by atoms with Gasteiger partial charge in [-0.05, 0) is 24.6 Å². The quantitative estimate of drug-likeness (QED) is 0.623. The van der Waals surface area contributed by atoms with Gasteiger partial charge in [0, 0.05) is 16.8 Å². The van der Waals surface area contributed by atoms with Crippen LogP contribution in [-0.2, 0) is 9.47 Å². The molecule has 1 aliphatic rings. The van der Waals surface area contributed by atoms with E-state index >= 15 is 0 Å². The lowest BCUT2D eigenvalue weighted by Crippen LogP contribution is -2.40. The zero-order valence-electron chi connectivity index (χ0n) is 10.4. The first-order valence-corrected chi connectivity index (χ1v) is 5.89. The number of hydrogen-bond donors (Lipinski definition) is 2. The van der Waals surface area contributed by atoms with E-state index in [1.165, 1.54) is 0 Å². The maximum absolute atomic E-state index is 11.8. The molecule has 2 rings (SSSR count). The summed E-state index contributed by atoms with van der Waals surface area (Å²) >= 11 is 0. The molecule has 0 unspecified atom stereocenters. The van der Waals surface area contributed by atoms with Gasteiger partial charge in [0.2, 0.25) is 0 Å². The second-order valence-electron chi connectivity index (χ2n) is 5.08. The van der Waals surface area contributed by atoms with Crippen LogP contribution >= 0.6 is 0 Å². The zero-order chi connectivity index (χ0) is 13.2. The zero-order valence-corrected chi connectivity index (χ0v) is 10.4. The first-order valence-electron chi connectivity index (χ1n) is 5.89. The van der Waals surface area contributed by atoms with E-state index in [4.69, 9.17) is 20.9 Å². The molecule has 0 atom stereocenters. The minimum Gasteiger partial charge on any atom is -0.462 e. The highest BCUT2D eigenvalue weighted by atomic mass is 16.5. The largest absolute Gasteiger partial charge is 0.462 e. The van der Waals surface area contributed by atoms with Crippen LogP contribution in [0, 0.1) is 5.41 Å². The van der Waals surface area contributed by atoms with Crippen LogP contribution in [0.15, 0.2) is 18.2 Å². The molecule has 0 aliphatic carbocycles. The summed E-state index contributed by atoms with van der Waals surface area (Å²) in [4.78, 5) is 11.8. The highest BCUT2D eigenvalue weighted by Crippen LogP contribution is 2.30. The standard InChI is InChI=1S/C13H18N2O3/c1-13(7-17-8-13)2-3-18-12(16)9-4-10(14)6-11(15)5-9/h4-6H,2-3,7-8,14-15H2,1H3. The molecule has 1 saturated heterocycles. The predicted octanol–water partition coefficient (Wildman–Crippen LogP) is 1.43. The Morgan fingerprint density at radius 2 is 1.94 bits per heavy atom. The average molecular weight is 250 g/mol. The van der Waals surface area contributed by atoms with E-state index < -0.39 is 5.97 Å². The van der Waals surface area contributed by atoms with Gasteiger partial charge in [0.05, 0.1) is 25.4 Å². The summed E-state index contributed by atoms with van der Waals surface area (Å²) in [5, 5.41) is 0. The molecule has 5 heteroatoms. The molecule has 5 nitrogen and oxygen atoms in total. The third-order valence-electron chi connectivity index (χ3n) is 3.05. The molecule has 1 heterocycles. The molecule has 0 saturated carbocycles. The van der Waals surface area contributed by atoms with Crippen molar-refractivity contribution in [2.75, 3.05) is 31.3 Å². The molecule has 4 N–H and O–H groups in total. The Morgan fingerprint density at radius 1 is 1.33 bits per heavy atom. The molecule has 0 radical (unpaired) electrons. The van der Waals surface area contributed by atoms with Crippen LogP contribution in [0.4, 0.5) is 11.4 Å². The van der Waals surface area contributed by atoms with Crippen molar-refractivity contribution >= 4 is 17.3 Å². The van der Waals surface area contributed by atoms with Crippen LogP contribution in [0.5, 0.6) is 0 Å². The van der Waals surface area contributed by atoms with E-state index in [1.807, 2.05) is 0 Å². The van der Waals surface area contributed by atoms with Gasteiger partial charge in [-0.25, -0.2) is 4.79 Å². The Hall–Kier alpha value is -1.75. The highest BCUT2D eigenvalue weighted by Gasteiger charge is 2.33. The van der Waals surface area contributed by atoms with E-state index in [1.54, 1.807) is 18.2 Å². The van der Waals surface area contributed by atoms with Crippen molar-refractivity contribution in [2.45, 2.75) is 13.3 Å². The molecule has 98 valence electrons. The number of esters is 1. The Labute approximate surface area is 106 Å². The molecule has 1 fully saturated rings. The summed E-state index contributed by atoms with van der Waals surface area (Å²) in [5.41, 5.74) is 12.7. The van der Waals surface area contributed by atoms with Crippen molar-refractivity contribution in [2.24, 2.45) is 5.41 Å². The molecular formula is C13H18N2O3. The molecular weight excluding hydrogens is 232 g/mol. The molecule has 0 spiro atoms. The second kappa shape index (κ2) is 4.86. The van der Waals surface area contributed by atoms with Crippen molar-refractivity contribution in [3.63, 3.8) is 0 Å². The number of hydrogen-bond acceptors (Lipinski definition) is 5. The average Bonchev–Trinajstić information content (AvgIpc) is 2.25. The minimum absolute atomic E-state index is 0.148. The van der Waals surface area contributed by atoms with E-state index in [0.717, 1.165) is 19.6 Å². The first kappa shape index (κ1) is 12.7. The van der Waals surface area contributed by atoms with E-state index in [2.05, 4.69) is 6.92 Å². The summed E-state index contributed by atoms with van der Waals surface area (Å²) in [5.74, 6) is -0.391. The number of benzene rings is 1. The number of carbonyl (C=O) groups excluding carboxylic acids is 1. The number of nitrogens with two attached hydrogens (primary N) is 2.